The maximum Gasteiger partial charge on any atom is 0.323 e. The highest BCUT2D eigenvalue weighted by molar-refractivity contribution is 7.16. The van der Waals surface area contributed by atoms with E-state index in [0.29, 0.717) is 4.34 Å². The van der Waals surface area contributed by atoms with Gasteiger partial charge in [-0.25, -0.2) is 4.79 Å². The van der Waals surface area contributed by atoms with E-state index in [4.69, 9.17) is 16.7 Å². The Morgan fingerprint density at radius 1 is 1.45 bits per heavy atom. The summed E-state index contributed by atoms with van der Waals surface area (Å²) in [6.07, 6.45) is 0. The summed E-state index contributed by atoms with van der Waals surface area (Å²) in [6, 6.07) is 2.98. The first-order valence-electron chi connectivity index (χ1n) is 6.16. The molecule has 0 aliphatic rings. The fraction of sp³-hybridized carbons (Fsp3) is 0.538. The molecular weight excluding hydrogens is 300 g/mol. The summed E-state index contributed by atoms with van der Waals surface area (Å²) in [7, 11) is 0. The number of nitrogens with one attached hydrogen (secondary N) is 1. The molecule has 0 radical (unpaired) electrons. The number of carbonyl (C=O) groups is 2. The highest BCUT2D eigenvalue weighted by atomic mass is 35.5. The summed E-state index contributed by atoms with van der Waals surface area (Å²) in [6.45, 7) is 6.88. The quantitative estimate of drug-likeness (QED) is 0.894. The van der Waals surface area contributed by atoms with Crippen LogP contribution in [0.1, 0.15) is 38.6 Å². The Labute approximate surface area is 127 Å². The molecule has 112 valence electrons. The molecule has 7 heteroatoms. The molecule has 2 amide bonds. The number of rotatable bonds is 4. The molecule has 1 unspecified atom stereocenters. The van der Waals surface area contributed by atoms with Crippen molar-refractivity contribution in [3.8, 4) is 0 Å². The highest BCUT2D eigenvalue weighted by Gasteiger charge is 2.29. The first-order valence-corrected chi connectivity index (χ1v) is 7.36. The minimum atomic E-state index is -1.04. The molecule has 0 aromatic carbocycles. The third-order valence-electron chi connectivity index (χ3n) is 2.71. The van der Waals surface area contributed by atoms with Crippen LogP contribution in [0.5, 0.6) is 0 Å². The van der Waals surface area contributed by atoms with E-state index in [-0.39, 0.29) is 12.6 Å². The van der Waals surface area contributed by atoms with E-state index in [0.717, 1.165) is 4.88 Å². The van der Waals surface area contributed by atoms with E-state index in [1.807, 2.05) is 13.0 Å². The molecule has 2 N–H and O–H groups in total. The van der Waals surface area contributed by atoms with Crippen LogP contribution < -0.4 is 5.32 Å². The van der Waals surface area contributed by atoms with E-state index in [2.05, 4.69) is 5.32 Å². The van der Waals surface area contributed by atoms with Crippen LogP contribution in [0.15, 0.2) is 12.1 Å². The number of carboxylic acids is 1. The van der Waals surface area contributed by atoms with E-state index in [1.54, 1.807) is 26.8 Å². The molecule has 0 bridgehead atoms. The second kappa shape index (κ2) is 6.45. The number of halogens is 1. The number of thiophene rings is 1. The maximum absolute atomic E-state index is 12.2. The van der Waals surface area contributed by atoms with E-state index in [9.17, 15) is 9.59 Å². The van der Waals surface area contributed by atoms with Gasteiger partial charge in [-0.3, -0.25) is 4.79 Å². The number of aliphatic carboxylic acids is 1. The Morgan fingerprint density at radius 3 is 2.45 bits per heavy atom. The summed E-state index contributed by atoms with van der Waals surface area (Å²) < 4.78 is 0.652. The molecule has 20 heavy (non-hydrogen) atoms. The van der Waals surface area contributed by atoms with Crippen LogP contribution in [0, 0.1) is 0 Å². The van der Waals surface area contributed by atoms with Crippen LogP contribution in [0.25, 0.3) is 0 Å². The fourth-order valence-electron chi connectivity index (χ4n) is 1.64. The Kier molecular flexibility index (Phi) is 5.42. The first kappa shape index (κ1) is 16.8. The third kappa shape index (κ3) is 4.68. The monoisotopic (exact) mass is 318 g/mol. The molecule has 0 fully saturated rings. The average molecular weight is 319 g/mol. The van der Waals surface area contributed by atoms with Crippen LogP contribution >= 0.6 is 22.9 Å². The molecular formula is C13H19ClN2O3S. The van der Waals surface area contributed by atoms with Crippen molar-refractivity contribution >= 4 is 34.9 Å². The normalized spacial score (nSPS) is 12.8. The van der Waals surface area contributed by atoms with Crippen molar-refractivity contribution in [1.82, 2.24) is 10.2 Å². The SMILES string of the molecule is CC(NC(=O)N(CC(=O)O)C(C)(C)C)c1ccc(Cl)s1. The lowest BCUT2D eigenvalue weighted by Crippen LogP contribution is -2.52. The number of hydrogen-bond acceptors (Lipinski definition) is 3. The van der Waals surface area contributed by atoms with E-state index in [1.165, 1.54) is 16.2 Å². The molecule has 1 aromatic rings. The zero-order chi connectivity index (χ0) is 15.5. The molecule has 1 aromatic heterocycles. The van der Waals surface area contributed by atoms with Crippen LogP contribution in [-0.2, 0) is 4.79 Å². The molecule has 5 nitrogen and oxygen atoms in total. The topological polar surface area (TPSA) is 69.6 Å². The van der Waals surface area contributed by atoms with Crippen molar-refractivity contribution in [3.05, 3.63) is 21.3 Å². The van der Waals surface area contributed by atoms with Gasteiger partial charge in [0.1, 0.15) is 6.54 Å². The van der Waals surface area contributed by atoms with Gasteiger partial charge in [0.15, 0.2) is 0 Å². The largest absolute Gasteiger partial charge is 0.480 e. The van der Waals surface area contributed by atoms with Gasteiger partial charge in [-0.05, 0) is 39.8 Å². The number of nitrogens with zero attached hydrogens (tertiary/aromatic N) is 1. The molecule has 1 heterocycles. The van der Waals surface area contributed by atoms with Crippen molar-refractivity contribution in [2.75, 3.05) is 6.54 Å². The number of urea groups is 1. The molecule has 0 aliphatic carbocycles. The summed E-state index contributed by atoms with van der Waals surface area (Å²) in [5.74, 6) is -1.04. The van der Waals surface area contributed by atoms with Gasteiger partial charge >= 0.3 is 12.0 Å². The van der Waals surface area contributed by atoms with Crippen LogP contribution in [-0.4, -0.2) is 34.1 Å². The average Bonchev–Trinajstić information content (AvgIpc) is 2.71. The molecule has 1 atom stereocenters. The van der Waals surface area contributed by atoms with Crippen LogP contribution in [0.4, 0.5) is 4.79 Å². The Morgan fingerprint density at radius 2 is 2.05 bits per heavy atom. The number of amides is 2. The highest BCUT2D eigenvalue weighted by Crippen LogP contribution is 2.27. The summed E-state index contributed by atoms with van der Waals surface area (Å²) in [5.41, 5.74) is -0.574. The minimum Gasteiger partial charge on any atom is -0.480 e. The van der Waals surface area contributed by atoms with Gasteiger partial charge in [-0.1, -0.05) is 11.6 Å². The molecule has 0 saturated carbocycles. The third-order valence-corrected chi connectivity index (χ3v) is 4.12. The molecule has 0 aliphatic heterocycles. The number of carboxylic acid groups (broad SMARTS) is 1. The van der Waals surface area contributed by atoms with Crippen molar-refractivity contribution < 1.29 is 14.7 Å². The smallest absolute Gasteiger partial charge is 0.323 e. The Hall–Kier alpha value is -1.27. The number of carbonyl (C=O) groups excluding carboxylic acids is 1. The zero-order valence-corrected chi connectivity index (χ0v) is 13.5. The molecule has 0 saturated heterocycles. The standard InChI is InChI=1S/C13H19ClN2O3S/c1-8(9-5-6-10(14)20-9)15-12(19)16(7-11(17)18)13(2,3)4/h5-6,8H,7H2,1-4H3,(H,15,19)(H,17,18). The fourth-order valence-corrected chi connectivity index (χ4v) is 2.71. The van der Waals surface area contributed by atoms with Gasteiger partial charge in [-0.15, -0.1) is 11.3 Å². The number of hydrogen-bond donors (Lipinski definition) is 2. The summed E-state index contributed by atoms with van der Waals surface area (Å²) in [5, 5.41) is 11.7. The van der Waals surface area contributed by atoms with Gasteiger partial charge in [0.2, 0.25) is 0 Å². The van der Waals surface area contributed by atoms with Crippen molar-refractivity contribution in [2.45, 2.75) is 39.3 Å². The predicted octanol–water partition coefficient (Wildman–Crippen LogP) is 3.36. The Bertz CT molecular complexity index is 496. The van der Waals surface area contributed by atoms with Gasteiger partial charge in [0.25, 0.3) is 0 Å². The lowest BCUT2D eigenvalue weighted by atomic mass is 10.1. The summed E-state index contributed by atoms with van der Waals surface area (Å²) >= 11 is 7.25. The van der Waals surface area contributed by atoms with Crippen molar-refractivity contribution in [3.63, 3.8) is 0 Å². The van der Waals surface area contributed by atoms with Gasteiger partial charge in [-0.2, -0.15) is 0 Å². The van der Waals surface area contributed by atoms with Gasteiger partial charge < -0.3 is 15.3 Å². The van der Waals surface area contributed by atoms with E-state index >= 15 is 0 Å². The second-order valence-electron chi connectivity index (χ2n) is 5.46. The van der Waals surface area contributed by atoms with Crippen molar-refractivity contribution in [1.29, 1.82) is 0 Å². The van der Waals surface area contributed by atoms with E-state index < -0.39 is 17.5 Å². The Balaban J connectivity index is 2.78. The molecule has 1 rings (SSSR count). The van der Waals surface area contributed by atoms with Gasteiger partial charge in [0, 0.05) is 10.4 Å². The van der Waals surface area contributed by atoms with Crippen molar-refractivity contribution in [2.24, 2.45) is 0 Å². The lowest BCUT2D eigenvalue weighted by molar-refractivity contribution is -0.138. The van der Waals surface area contributed by atoms with Crippen LogP contribution in [0.3, 0.4) is 0 Å². The summed E-state index contributed by atoms with van der Waals surface area (Å²) in [4.78, 5) is 25.3. The van der Waals surface area contributed by atoms with Crippen LogP contribution in [0.2, 0.25) is 4.34 Å². The van der Waals surface area contributed by atoms with Gasteiger partial charge in [0.05, 0.1) is 10.4 Å². The molecule has 0 spiro atoms. The zero-order valence-electron chi connectivity index (χ0n) is 11.9. The minimum absolute atomic E-state index is 0.223. The first-order chi connectivity index (χ1) is 9.11. The predicted molar refractivity (Wildman–Crippen MR) is 80.4 cm³/mol. The second-order valence-corrected chi connectivity index (χ2v) is 7.21. The lowest BCUT2D eigenvalue weighted by Gasteiger charge is -2.35. The maximum atomic E-state index is 12.2.